The Morgan fingerprint density at radius 1 is 1.26 bits per heavy atom. The fourth-order valence-corrected chi connectivity index (χ4v) is 1.31. The Kier molecular flexibility index (Phi) is 4.07. The summed E-state index contributed by atoms with van der Waals surface area (Å²) in [7, 11) is 0. The molecule has 0 fully saturated rings. The van der Waals surface area contributed by atoms with E-state index in [0.717, 1.165) is 0 Å². The molecular formula is C13H12N4O2. The summed E-state index contributed by atoms with van der Waals surface area (Å²) in [5.74, 6) is 1.19. The normalized spacial score (nSPS) is 10.3. The molecule has 0 aliphatic heterocycles. The van der Waals surface area contributed by atoms with Crippen LogP contribution in [0.3, 0.4) is 0 Å². The van der Waals surface area contributed by atoms with E-state index in [2.05, 4.69) is 15.5 Å². The first-order valence-electron chi connectivity index (χ1n) is 5.51. The van der Waals surface area contributed by atoms with E-state index in [1.54, 1.807) is 18.3 Å². The minimum Gasteiger partial charge on any atom is -0.439 e. The molecule has 0 radical (unpaired) electrons. The van der Waals surface area contributed by atoms with Crippen molar-refractivity contribution in [3.05, 3.63) is 54.2 Å². The second-order valence-electron chi connectivity index (χ2n) is 3.58. The van der Waals surface area contributed by atoms with Gasteiger partial charge in [0.15, 0.2) is 0 Å². The number of urea groups is 1. The molecule has 1 aromatic carbocycles. The third kappa shape index (κ3) is 4.12. The Labute approximate surface area is 109 Å². The van der Waals surface area contributed by atoms with Gasteiger partial charge in [0, 0.05) is 17.8 Å². The number of primary amides is 1. The predicted molar refractivity (Wildman–Crippen MR) is 71.1 cm³/mol. The second kappa shape index (κ2) is 6.15. The molecule has 1 heterocycles. The molecular weight excluding hydrogens is 244 g/mol. The molecule has 96 valence electrons. The van der Waals surface area contributed by atoms with Gasteiger partial charge in [0.25, 0.3) is 0 Å². The number of pyridine rings is 1. The van der Waals surface area contributed by atoms with E-state index >= 15 is 0 Å². The van der Waals surface area contributed by atoms with Crippen molar-refractivity contribution in [2.75, 3.05) is 0 Å². The number of nitrogens with one attached hydrogen (secondary N) is 1. The fraction of sp³-hybridized carbons (Fsp3) is 0. The Morgan fingerprint density at radius 2 is 2.05 bits per heavy atom. The number of nitrogens with two attached hydrogens (primary N) is 1. The van der Waals surface area contributed by atoms with Gasteiger partial charge in [-0.15, -0.1) is 0 Å². The summed E-state index contributed by atoms with van der Waals surface area (Å²) in [6, 6.07) is 12.1. The maximum absolute atomic E-state index is 10.4. The number of benzene rings is 1. The van der Waals surface area contributed by atoms with Gasteiger partial charge in [-0.2, -0.15) is 5.10 Å². The first-order valence-corrected chi connectivity index (χ1v) is 5.51. The Hall–Kier alpha value is -2.89. The molecule has 0 saturated heterocycles. The number of hydrogen-bond acceptors (Lipinski definition) is 4. The van der Waals surface area contributed by atoms with E-state index in [9.17, 15) is 4.79 Å². The standard InChI is InChI=1S/C13H12N4O2/c14-13(18)17-16-9-10-6-7-12(15-8-10)19-11-4-2-1-3-5-11/h1-9H,(H3,14,17,18)/b16-9+. The van der Waals surface area contributed by atoms with Crippen molar-refractivity contribution in [1.82, 2.24) is 10.4 Å². The predicted octanol–water partition coefficient (Wildman–Crippen LogP) is 1.88. The average Bonchev–Trinajstić information content (AvgIpc) is 2.42. The van der Waals surface area contributed by atoms with Gasteiger partial charge < -0.3 is 10.5 Å². The number of para-hydroxylation sites is 1. The molecule has 0 aliphatic carbocycles. The monoisotopic (exact) mass is 256 g/mol. The summed E-state index contributed by atoms with van der Waals surface area (Å²) in [5, 5.41) is 3.62. The number of carbonyl (C=O) groups excluding carboxylic acids is 1. The Morgan fingerprint density at radius 3 is 2.68 bits per heavy atom. The average molecular weight is 256 g/mol. The van der Waals surface area contributed by atoms with E-state index in [1.807, 2.05) is 30.3 Å². The lowest BCUT2D eigenvalue weighted by molar-refractivity contribution is 0.249. The highest BCUT2D eigenvalue weighted by Gasteiger charge is 1.97. The maximum Gasteiger partial charge on any atom is 0.332 e. The molecule has 2 amide bonds. The summed E-state index contributed by atoms with van der Waals surface area (Å²) in [5.41, 5.74) is 7.68. The zero-order valence-electron chi connectivity index (χ0n) is 9.98. The van der Waals surface area contributed by atoms with Crippen LogP contribution in [0.5, 0.6) is 11.6 Å². The van der Waals surface area contributed by atoms with Crippen molar-refractivity contribution in [3.8, 4) is 11.6 Å². The van der Waals surface area contributed by atoms with E-state index in [0.29, 0.717) is 17.2 Å². The van der Waals surface area contributed by atoms with Crippen molar-refractivity contribution in [2.24, 2.45) is 10.8 Å². The summed E-state index contributed by atoms with van der Waals surface area (Å²) in [6.45, 7) is 0. The first kappa shape index (κ1) is 12.6. The molecule has 0 atom stereocenters. The van der Waals surface area contributed by atoms with Crippen molar-refractivity contribution in [2.45, 2.75) is 0 Å². The zero-order valence-corrected chi connectivity index (χ0v) is 9.98. The molecule has 0 unspecified atom stereocenters. The number of amides is 2. The molecule has 0 bridgehead atoms. The van der Waals surface area contributed by atoms with E-state index in [4.69, 9.17) is 10.5 Å². The molecule has 0 spiro atoms. The zero-order chi connectivity index (χ0) is 13.5. The van der Waals surface area contributed by atoms with Crippen LogP contribution in [0.1, 0.15) is 5.56 Å². The van der Waals surface area contributed by atoms with Crippen LogP contribution in [0, 0.1) is 0 Å². The summed E-state index contributed by atoms with van der Waals surface area (Å²) in [4.78, 5) is 14.5. The molecule has 1 aromatic heterocycles. The summed E-state index contributed by atoms with van der Waals surface area (Å²) in [6.07, 6.45) is 3.01. The summed E-state index contributed by atoms with van der Waals surface area (Å²) >= 11 is 0. The van der Waals surface area contributed by atoms with Crippen molar-refractivity contribution >= 4 is 12.2 Å². The minimum absolute atomic E-state index is 0.478. The number of aromatic nitrogens is 1. The highest BCUT2D eigenvalue weighted by molar-refractivity contribution is 5.81. The van der Waals surface area contributed by atoms with Gasteiger partial charge >= 0.3 is 6.03 Å². The van der Waals surface area contributed by atoms with Crippen LogP contribution in [0.2, 0.25) is 0 Å². The smallest absolute Gasteiger partial charge is 0.332 e. The van der Waals surface area contributed by atoms with Gasteiger partial charge in [0.05, 0.1) is 6.21 Å². The van der Waals surface area contributed by atoms with E-state index < -0.39 is 6.03 Å². The first-order chi connectivity index (χ1) is 9.24. The van der Waals surface area contributed by atoms with Gasteiger partial charge in [-0.3, -0.25) is 0 Å². The van der Waals surface area contributed by atoms with Crippen LogP contribution in [0.15, 0.2) is 53.8 Å². The minimum atomic E-state index is -0.715. The van der Waals surface area contributed by atoms with Crippen molar-refractivity contribution < 1.29 is 9.53 Å². The third-order valence-electron chi connectivity index (χ3n) is 2.11. The van der Waals surface area contributed by atoms with Crippen LogP contribution in [0.25, 0.3) is 0 Å². The fourth-order valence-electron chi connectivity index (χ4n) is 1.31. The molecule has 3 N–H and O–H groups in total. The molecule has 19 heavy (non-hydrogen) atoms. The highest BCUT2D eigenvalue weighted by Crippen LogP contribution is 2.17. The van der Waals surface area contributed by atoms with Crippen LogP contribution in [-0.4, -0.2) is 17.2 Å². The number of carbonyl (C=O) groups is 1. The topological polar surface area (TPSA) is 89.6 Å². The lowest BCUT2D eigenvalue weighted by Crippen LogP contribution is -2.24. The Bertz CT molecular complexity index is 567. The number of hydrogen-bond donors (Lipinski definition) is 2. The van der Waals surface area contributed by atoms with Crippen LogP contribution in [0.4, 0.5) is 4.79 Å². The number of ether oxygens (including phenoxy) is 1. The summed E-state index contributed by atoms with van der Waals surface area (Å²) < 4.78 is 5.53. The highest BCUT2D eigenvalue weighted by atomic mass is 16.5. The van der Waals surface area contributed by atoms with E-state index in [-0.39, 0.29) is 0 Å². The maximum atomic E-state index is 10.4. The Balaban J connectivity index is 1.98. The second-order valence-corrected chi connectivity index (χ2v) is 3.58. The lowest BCUT2D eigenvalue weighted by atomic mass is 10.3. The van der Waals surface area contributed by atoms with Crippen LogP contribution in [-0.2, 0) is 0 Å². The molecule has 6 heteroatoms. The number of hydrazone groups is 1. The van der Waals surface area contributed by atoms with Crippen molar-refractivity contribution in [3.63, 3.8) is 0 Å². The molecule has 0 aliphatic rings. The molecule has 6 nitrogen and oxygen atoms in total. The quantitative estimate of drug-likeness (QED) is 0.646. The van der Waals surface area contributed by atoms with E-state index in [1.165, 1.54) is 6.21 Å². The molecule has 2 rings (SSSR count). The largest absolute Gasteiger partial charge is 0.439 e. The molecule has 0 saturated carbocycles. The number of rotatable bonds is 4. The third-order valence-corrected chi connectivity index (χ3v) is 2.11. The van der Waals surface area contributed by atoms with Gasteiger partial charge in [-0.1, -0.05) is 18.2 Å². The van der Waals surface area contributed by atoms with Gasteiger partial charge in [0.1, 0.15) is 5.75 Å². The SMILES string of the molecule is NC(=O)N/N=C/c1ccc(Oc2ccccc2)nc1. The number of nitrogens with zero attached hydrogens (tertiary/aromatic N) is 2. The van der Waals surface area contributed by atoms with Gasteiger partial charge in [-0.25, -0.2) is 15.2 Å². The van der Waals surface area contributed by atoms with Crippen molar-refractivity contribution in [1.29, 1.82) is 0 Å². The van der Waals surface area contributed by atoms with Crippen LogP contribution < -0.4 is 15.9 Å². The molecule has 2 aromatic rings. The lowest BCUT2D eigenvalue weighted by Gasteiger charge is -2.03. The van der Waals surface area contributed by atoms with Crippen LogP contribution >= 0.6 is 0 Å². The van der Waals surface area contributed by atoms with Gasteiger partial charge in [-0.05, 0) is 18.2 Å². The van der Waals surface area contributed by atoms with Gasteiger partial charge in [0.2, 0.25) is 5.88 Å².